The number of hydrogen-bond acceptors (Lipinski definition) is 6. The van der Waals surface area contributed by atoms with Crippen LogP contribution in [0.2, 0.25) is 0 Å². The van der Waals surface area contributed by atoms with Crippen molar-refractivity contribution < 1.29 is 9.32 Å². The Morgan fingerprint density at radius 3 is 2.87 bits per heavy atom. The van der Waals surface area contributed by atoms with E-state index in [2.05, 4.69) is 31.5 Å². The van der Waals surface area contributed by atoms with E-state index < -0.39 is 0 Å². The maximum Gasteiger partial charge on any atom is 0.271 e. The van der Waals surface area contributed by atoms with Crippen LogP contribution in [0.4, 0.5) is 0 Å². The van der Waals surface area contributed by atoms with Gasteiger partial charge < -0.3 is 9.84 Å². The Bertz CT molecular complexity index is 1090. The number of allylic oxidation sites excluding steroid dienone is 1. The first-order chi connectivity index (χ1) is 14.9. The summed E-state index contributed by atoms with van der Waals surface area (Å²) < 4.78 is 7.13. The van der Waals surface area contributed by atoms with Gasteiger partial charge >= 0.3 is 0 Å². The Hall–Kier alpha value is -3.29. The number of pyridine rings is 1. The lowest BCUT2D eigenvalue weighted by molar-refractivity contribution is 0.0949. The Morgan fingerprint density at radius 2 is 2.13 bits per heavy atom. The zero-order chi connectivity index (χ0) is 21.8. The predicted octanol–water partition coefficient (Wildman–Crippen LogP) is 4.24. The quantitative estimate of drug-likeness (QED) is 0.599. The van der Waals surface area contributed by atoms with Crippen molar-refractivity contribution in [2.24, 2.45) is 0 Å². The molecule has 31 heavy (non-hydrogen) atoms. The molecule has 162 valence electrons. The number of nitrogens with one attached hydrogen (secondary N) is 1. The molecule has 0 atom stereocenters. The second-order valence-corrected chi connectivity index (χ2v) is 8.86. The second-order valence-electron chi connectivity index (χ2n) is 8.86. The van der Waals surface area contributed by atoms with E-state index >= 15 is 0 Å². The third-order valence-electron chi connectivity index (χ3n) is 5.29. The smallest absolute Gasteiger partial charge is 0.271 e. The molecule has 1 N–H and O–H groups in total. The maximum atomic E-state index is 12.5. The molecule has 3 aromatic heterocycles. The van der Waals surface area contributed by atoms with E-state index in [-0.39, 0.29) is 11.3 Å². The van der Waals surface area contributed by atoms with Gasteiger partial charge in [0.1, 0.15) is 17.8 Å². The van der Waals surface area contributed by atoms with E-state index in [0.717, 1.165) is 24.8 Å². The van der Waals surface area contributed by atoms with Crippen molar-refractivity contribution in [3.8, 4) is 17.3 Å². The van der Waals surface area contributed by atoms with Crippen molar-refractivity contribution in [1.29, 1.82) is 0 Å². The summed E-state index contributed by atoms with van der Waals surface area (Å²) in [7, 11) is 0. The van der Waals surface area contributed by atoms with E-state index in [1.54, 1.807) is 23.3 Å². The van der Waals surface area contributed by atoms with E-state index in [1.807, 2.05) is 32.9 Å². The normalized spacial score (nSPS) is 14.4. The Balaban J connectivity index is 1.42. The number of nitrogens with zero attached hydrogens (tertiary/aromatic N) is 5. The number of hydrogen-bond donors (Lipinski definition) is 1. The summed E-state index contributed by atoms with van der Waals surface area (Å²) in [5, 5.41) is 7.03. The van der Waals surface area contributed by atoms with Gasteiger partial charge in [-0.3, -0.25) is 9.36 Å². The van der Waals surface area contributed by atoms with Crippen LogP contribution in [0.15, 0.2) is 47.0 Å². The van der Waals surface area contributed by atoms with Crippen molar-refractivity contribution in [2.75, 3.05) is 6.54 Å². The van der Waals surface area contributed by atoms with Crippen molar-refractivity contribution >= 4 is 5.91 Å². The highest BCUT2D eigenvalue weighted by Gasteiger charge is 2.22. The van der Waals surface area contributed by atoms with Crippen molar-refractivity contribution in [1.82, 2.24) is 30.0 Å². The van der Waals surface area contributed by atoms with Crippen LogP contribution in [-0.4, -0.2) is 37.1 Å². The van der Waals surface area contributed by atoms with Crippen LogP contribution in [0, 0.1) is 0 Å². The Morgan fingerprint density at radius 1 is 1.26 bits per heavy atom. The highest BCUT2D eigenvalue weighted by atomic mass is 16.5. The molecule has 4 rings (SSSR count). The lowest BCUT2D eigenvalue weighted by atomic mass is 9.96. The number of amides is 1. The minimum atomic E-state index is -0.197. The number of aromatic nitrogens is 5. The Kier molecular flexibility index (Phi) is 5.97. The zero-order valence-electron chi connectivity index (χ0n) is 18.3. The van der Waals surface area contributed by atoms with Gasteiger partial charge in [0, 0.05) is 29.9 Å². The van der Waals surface area contributed by atoms with Gasteiger partial charge in [0.05, 0.1) is 0 Å². The predicted molar refractivity (Wildman–Crippen MR) is 117 cm³/mol. The number of imidazole rings is 1. The minimum absolute atomic E-state index is 0.182. The van der Waals surface area contributed by atoms with Crippen LogP contribution < -0.4 is 5.32 Å². The highest BCUT2D eigenvalue weighted by Crippen LogP contribution is 2.24. The number of rotatable bonds is 6. The van der Waals surface area contributed by atoms with Gasteiger partial charge in [-0.05, 0) is 44.2 Å². The molecule has 1 aliphatic carbocycles. The number of carbonyl (C=O) groups is 1. The van der Waals surface area contributed by atoms with Crippen molar-refractivity contribution in [3.05, 3.63) is 54.0 Å². The third kappa shape index (κ3) is 5.07. The fraction of sp³-hybridized carbons (Fsp3) is 0.435. The topological polar surface area (TPSA) is 98.7 Å². The van der Waals surface area contributed by atoms with Gasteiger partial charge in [-0.2, -0.15) is 4.98 Å². The molecule has 3 heterocycles. The summed E-state index contributed by atoms with van der Waals surface area (Å²) in [5.74, 6) is 1.51. The number of carbonyl (C=O) groups excluding carboxylic acids is 1. The molecule has 0 aromatic carbocycles. The van der Waals surface area contributed by atoms with E-state index in [0.29, 0.717) is 29.8 Å². The van der Waals surface area contributed by atoms with Crippen LogP contribution in [0.1, 0.15) is 69.2 Å². The largest absolute Gasteiger partial charge is 0.350 e. The molecule has 3 aromatic rings. The van der Waals surface area contributed by atoms with E-state index in [9.17, 15) is 4.79 Å². The van der Waals surface area contributed by atoms with E-state index in [4.69, 9.17) is 4.52 Å². The molecule has 0 spiro atoms. The van der Waals surface area contributed by atoms with Crippen LogP contribution in [0.5, 0.6) is 0 Å². The summed E-state index contributed by atoms with van der Waals surface area (Å²) in [6.07, 6.45) is 12.9. The lowest BCUT2D eigenvalue weighted by Crippen LogP contribution is -2.25. The van der Waals surface area contributed by atoms with Crippen LogP contribution in [0.25, 0.3) is 17.3 Å². The van der Waals surface area contributed by atoms with Gasteiger partial charge in [-0.1, -0.05) is 37.6 Å². The molecule has 0 aliphatic heterocycles. The summed E-state index contributed by atoms with van der Waals surface area (Å²) in [5.41, 5.74) is 2.36. The van der Waals surface area contributed by atoms with Gasteiger partial charge in [0.2, 0.25) is 0 Å². The van der Waals surface area contributed by atoms with Gasteiger partial charge in [-0.25, -0.2) is 9.97 Å². The molecule has 1 aliphatic rings. The van der Waals surface area contributed by atoms with Crippen LogP contribution in [0.3, 0.4) is 0 Å². The third-order valence-corrected chi connectivity index (χ3v) is 5.29. The van der Waals surface area contributed by atoms with E-state index in [1.165, 1.54) is 18.4 Å². The average molecular weight is 421 g/mol. The molecule has 0 saturated carbocycles. The first kappa shape index (κ1) is 21.0. The first-order valence-electron chi connectivity index (χ1n) is 10.7. The summed E-state index contributed by atoms with van der Waals surface area (Å²) in [6.45, 7) is 6.72. The molecular formula is C23H28N6O2. The fourth-order valence-electron chi connectivity index (χ4n) is 3.46. The van der Waals surface area contributed by atoms with Crippen molar-refractivity contribution in [3.63, 3.8) is 0 Å². The van der Waals surface area contributed by atoms with Crippen LogP contribution in [-0.2, 0) is 5.41 Å². The van der Waals surface area contributed by atoms with Gasteiger partial charge in [0.15, 0.2) is 5.82 Å². The fourth-order valence-corrected chi connectivity index (χ4v) is 3.46. The summed E-state index contributed by atoms with van der Waals surface area (Å²) in [6, 6.07) is 3.65. The highest BCUT2D eigenvalue weighted by molar-refractivity contribution is 5.92. The van der Waals surface area contributed by atoms with Gasteiger partial charge in [-0.15, -0.1) is 0 Å². The Labute approximate surface area is 181 Å². The lowest BCUT2D eigenvalue weighted by Gasteiger charge is -2.12. The average Bonchev–Trinajstić information content (AvgIpc) is 3.45. The summed E-state index contributed by atoms with van der Waals surface area (Å²) in [4.78, 5) is 25.6. The van der Waals surface area contributed by atoms with Gasteiger partial charge in [0.25, 0.3) is 11.8 Å². The molecule has 0 fully saturated rings. The monoisotopic (exact) mass is 420 g/mol. The SMILES string of the molecule is CC(C)(C)c1noc(-c2ccnc(-n3cnc(C(=O)NCCC4=CCCCC4)c3)c2)n1. The molecule has 8 heteroatoms. The molecule has 8 nitrogen and oxygen atoms in total. The molecule has 0 radical (unpaired) electrons. The minimum Gasteiger partial charge on any atom is -0.350 e. The molecule has 1 amide bonds. The molecule has 0 unspecified atom stereocenters. The summed E-state index contributed by atoms with van der Waals surface area (Å²) >= 11 is 0. The zero-order valence-corrected chi connectivity index (χ0v) is 18.3. The second kappa shape index (κ2) is 8.83. The molecule has 0 saturated heterocycles. The van der Waals surface area contributed by atoms with Crippen LogP contribution >= 0.6 is 0 Å². The maximum absolute atomic E-state index is 12.5. The standard InChI is InChI=1S/C23H28N6O2/c1-23(2,3)22-27-21(31-28-22)17-10-12-24-19(13-17)29-14-18(26-15-29)20(30)25-11-9-16-7-5-4-6-8-16/h7,10,12-15H,4-6,8-9,11H2,1-3H3,(H,25,30). The molecular weight excluding hydrogens is 392 g/mol. The van der Waals surface area contributed by atoms with Crippen molar-refractivity contribution in [2.45, 2.75) is 58.3 Å². The molecule has 0 bridgehead atoms. The first-order valence-corrected chi connectivity index (χ1v) is 10.7.